The number of hydrogen-bond acceptors (Lipinski definition) is 5. The maximum absolute atomic E-state index is 14.2. The molecule has 2 aliphatic heterocycles. The second-order valence-electron chi connectivity index (χ2n) is 10.7. The molecule has 0 spiro atoms. The van der Waals surface area contributed by atoms with Gasteiger partial charge < -0.3 is 5.11 Å². The van der Waals surface area contributed by atoms with Crippen molar-refractivity contribution >= 4 is 10.8 Å². The number of phenolic OH excluding ortho intramolecular Hbond substituents is 1. The first-order chi connectivity index (χ1) is 21.0. The standard InChI is InChI=1S/C32H24N6O5/c39-27-16-15-24(22-13-7-8-14-23(22)27)28-25-17-18-33-29(40)35(20-9-3-1-4-10-20)31(42)37(33)26(25)19-34-30(41)36(32(43)38(28)34)21-11-5-2-6-12-21/h1-17,26,28,39H,18-19H2. The van der Waals surface area contributed by atoms with Crippen LogP contribution in [0.5, 0.6) is 5.75 Å². The van der Waals surface area contributed by atoms with Crippen LogP contribution in [0.3, 0.4) is 0 Å². The molecule has 0 amide bonds. The second-order valence-corrected chi connectivity index (χ2v) is 10.7. The van der Waals surface area contributed by atoms with E-state index in [9.17, 15) is 24.3 Å². The monoisotopic (exact) mass is 572 g/mol. The number of aromatic nitrogens is 6. The normalized spacial score (nSPS) is 17.3. The maximum atomic E-state index is 14.2. The Labute approximate surface area is 242 Å². The van der Waals surface area contributed by atoms with Crippen LogP contribution >= 0.6 is 0 Å². The average molecular weight is 573 g/mol. The van der Waals surface area contributed by atoms with Gasteiger partial charge in [0.25, 0.3) is 0 Å². The second kappa shape index (κ2) is 9.08. The van der Waals surface area contributed by atoms with Crippen LogP contribution in [0.15, 0.2) is 128 Å². The number of aromatic hydroxyl groups is 1. The molecule has 43 heavy (non-hydrogen) atoms. The zero-order chi connectivity index (χ0) is 29.4. The Balaban J connectivity index is 1.43. The van der Waals surface area contributed by atoms with Crippen molar-refractivity contribution in [2.45, 2.75) is 25.2 Å². The van der Waals surface area contributed by atoms with Crippen LogP contribution < -0.4 is 22.8 Å². The minimum atomic E-state index is -0.801. The number of fused-ring (bicyclic) bond motifs is 5. The summed E-state index contributed by atoms with van der Waals surface area (Å²) in [7, 11) is 0. The number of para-hydroxylation sites is 2. The van der Waals surface area contributed by atoms with Gasteiger partial charge in [-0.3, -0.25) is 0 Å². The smallest absolute Gasteiger partial charge is 0.352 e. The highest BCUT2D eigenvalue weighted by Crippen LogP contribution is 2.42. The summed E-state index contributed by atoms with van der Waals surface area (Å²) < 4.78 is 7.82. The first-order valence-corrected chi connectivity index (χ1v) is 13.9. The summed E-state index contributed by atoms with van der Waals surface area (Å²) in [5.41, 5.74) is 0.125. The molecular formula is C32H24N6O5. The zero-order valence-corrected chi connectivity index (χ0v) is 22.6. The van der Waals surface area contributed by atoms with E-state index in [0.717, 1.165) is 9.13 Å². The van der Waals surface area contributed by atoms with E-state index in [0.29, 0.717) is 33.3 Å². The summed E-state index contributed by atoms with van der Waals surface area (Å²) in [5.74, 6) is 0.0842. The average Bonchev–Trinajstić information content (AvgIpc) is 3.45. The quantitative estimate of drug-likeness (QED) is 0.327. The van der Waals surface area contributed by atoms with Gasteiger partial charge in [0.1, 0.15) is 11.8 Å². The molecule has 6 aromatic rings. The molecule has 0 saturated heterocycles. The SMILES string of the molecule is O=c1n(-c2ccccc2)c(=O)n2n1CC=C1C2Cn2c(=O)n(-c3ccccc3)c(=O)n2C1c1ccc(O)c2ccccc12. The fourth-order valence-electron chi connectivity index (χ4n) is 6.58. The highest BCUT2D eigenvalue weighted by molar-refractivity contribution is 5.91. The van der Waals surface area contributed by atoms with Crippen molar-refractivity contribution in [3.05, 3.63) is 156 Å². The number of allylic oxidation sites excluding steroid dienone is 2. The van der Waals surface area contributed by atoms with E-state index in [1.807, 2.05) is 24.3 Å². The lowest BCUT2D eigenvalue weighted by Crippen LogP contribution is -2.47. The Morgan fingerprint density at radius 1 is 0.581 bits per heavy atom. The van der Waals surface area contributed by atoms with Gasteiger partial charge >= 0.3 is 22.8 Å². The minimum absolute atomic E-state index is 0.0373. The lowest BCUT2D eigenvalue weighted by Gasteiger charge is -2.38. The van der Waals surface area contributed by atoms with Gasteiger partial charge in [-0.05, 0) is 46.9 Å². The molecule has 8 rings (SSSR count). The van der Waals surface area contributed by atoms with E-state index in [4.69, 9.17) is 0 Å². The molecule has 0 saturated carbocycles. The van der Waals surface area contributed by atoms with Crippen molar-refractivity contribution in [3.8, 4) is 17.1 Å². The molecule has 4 heterocycles. The van der Waals surface area contributed by atoms with E-state index in [1.165, 1.54) is 18.7 Å². The van der Waals surface area contributed by atoms with Gasteiger partial charge in [0, 0.05) is 5.39 Å². The number of benzene rings is 4. The topological polar surface area (TPSA) is 118 Å². The van der Waals surface area contributed by atoms with Crippen LogP contribution in [0.25, 0.3) is 22.1 Å². The maximum Gasteiger partial charge on any atom is 0.352 e. The molecule has 0 fully saturated rings. The third-order valence-corrected chi connectivity index (χ3v) is 8.46. The van der Waals surface area contributed by atoms with Crippen molar-refractivity contribution in [2.75, 3.05) is 0 Å². The van der Waals surface area contributed by atoms with Crippen molar-refractivity contribution in [3.63, 3.8) is 0 Å². The summed E-state index contributed by atoms with van der Waals surface area (Å²) >= 11 is 0. The van der Waals surface area contributed by atoms with Crippen LogP contribution in [0.1, 0.15) is 17.6 Å². The van der Waals surface area contributed by atoms with Gasteiger partial charge in [-0.1, -0.05) is 72.8 Å². The highest BCUT2D eigenvalue weighted by Gasteiger charge is 2.42. The molecule has 11 nitrogen and oxygen atoms in total. The molecule has 2 aromatic heterocycles. The van der Waals surface area contributed by atoms with Crippen molar-refractivity contribution in [2.24, 2.45) is 0 Å². The number of nitrogens with zero attached hydrogens (tertiary/aromatic N) is 6. The highest BCUT2D eigenvalue weighted by atomic mass is 16.3. The van der Waals surface area contributed by atoms with E-state index in [1.54, 1.807) is 78.9 Å². The summed E-state index contributed by atoms with van der Waals surface area (Å²) in [5, 5.41) is 11.9. The van der Waals surface area contributed by atoms with Crippen LogP contribution in [0.4, 0.5) is 0 Å². The van der Waals surface area contributed by atoms with E-state index in [-0.39, 0.29) is 18.8 Å². The van der Waals surface area contributed by atoms with Gasteiger partial charge in [-0.2, -0.15) is 0 Å². The van der Waals surface area contributed by atoms with Gasteiger partial charge in [0.05, 0.1) is 30.5 Å². The molecular weight excluding hydrogens is 548 g/mol. The number of hydrogen-bond donors (Lipinski definition) is 1. The molecule has 0 radical (unpaired) electrons. The molecule has 2 unspecified atom stereocenters. The van der Waals surface area contributed by atoms with Crippen LogP contribution in [0.2, 0.25) is 0 Å². The van der Waals surface area contributed by atoms with Crippen molar-refractivity contribution in [1.29, 1.82) is 0 Å². The summed E-state index contributed by atoms with van der Waals surface area (Å²) in [6.45, 7) is 0.0645. The fraction of sp³-hybridized carbons (Fsp3) is 0.125. The number of phenols is 1. The van der Waals surface area contributed by atoms with Crippen LogP contribution in [-0.2, 0) is 13.1 Å². The summed E-state index contributed by atoms with van der Waals surface area (Å²) in [4.78, 5) is 55.6. The van der Waals surface area contributed by atoms with Crippen LogP contribution in [-0.4, -0.2) is 33.0 Å². The van der Waals surface area contributed by atoms with Crippen LogP contribution in [0, 0.1) is 0 Å². The predicted molar refractivity (Wildman–Crippen MR) is 159 cm³/mol. The lowest BCUT2D eigenvalue weighted by atomic mass is 9.87. The first-order valence-electron chi connectivity index (χ1n) is 13.9. The first kappa shape index (κ1) is 24.9. The largest absolute Gasteiger partial charge is 0.507 e. The molecule has 4 aromatic carbocycles. The van der Waals surface area contributed by atoms with Gasteiger partial charge in [-0.25, -0.2) is 47.0 Å². The Morgan fingerprint density at radius 2 is 1.14 bits per heavy atom. The number of rotatable bonds is 3. The minimum Gasteiger partial charge on any atom is -0.507 e. The zero-order valence-electron chi connectivity index (χ0n) is 22.6. The van der Waals surface area contributed by atoms with E-state index < -0.39 is 34.8 Å². The predicted octanol–water partition coefficient (Wildman–Crippen LogP) is 2.56. The molecule has 2 aliphatic rings. The van der Waals surface area contributed by atoms with E-state index in [2.05, 4.69) is 0 Å². The third kappa shape index (κ3) is 3.41. The Hall–Kier alpha value is -5.84. The van der Waals surface area contributed by atoms with Gasteiger partial charge in [-0.15, -0.1) is 0 Å². The molecule has 0 aliphatic carbocycles. The fourth-order valence-corrected chi connectivity index (χ4v) is 6.58. The molecule has 212 valence electrons. The summed E-state index contributed by atoms with van der Waals surface area (Å²) in [6.07, 6.45) is 1.87. The summed E-state index contributed by atoms with van der Waals surface area (Å²) in [6, 6.07) is 26.4. The Morgan fingerprint density at radius 3 is 1.79 bits per heavy atom. The lowest BCUT2D eigenvalue weighted by molar-refractivity contribution is 0.246. The van der Waals surface area contributed by atoms with Gasteiger partial charge in [0.15, 0.2) is 0 Å². The molecule has 1 N–H and O–H groups in total. The van der Waals surface area contributed by atoms with Crippen molar-refractivity contribution in [1.82, 2.24) is 27.9 Å². The Kier molecular flexibility index (Phi) is 5.26. The molecule has 0 bridgehead atoms. The van der Waals surface area contributed by atoms with Crippen molar-refractivity contribution < 1.29 is 5.11 Å². The Bertz CT molecular complexity index is 2350. The van der Waals surface area contributed by atoms with Gasteiger partial charge in [0.2, 0.25) is 0 Å². The van der Waals surface area contributed by atoms with E-state index >= 15 is 0 Å². The molecule has 11 heteroatoms. The third-order valence-electron chi connectivity index (χ3n) is 8.46. The molecule has 2 atom stereocenters.